The van der Waals surface area contributed by atoms with Crippen molar-refractivity contribution in [1.82, 2.24) is 44.0 Å². The SMILES string of the molecule is Brc1ccc2c(c1)c1cccnc1n2-c1cccc(-c2cc(-c3ccccc3)nc(-c3ccccc3)n2)c1.Brc1ccc2c(c1)c1cccnc1n2-c1cccc(-c2nc(-c3ccccc3)nc(-c3ccccc3)n2)c1. The third kappa shape index (κ3) is 9.01. The molecule has 9 nitrogen and oxygen atoms in total. The summed E-state index contributed by atoms with van der Waals surface area (Å²) in [6, 6.07) is 80.2. The van der Waals surface area contributed by atoms with Crippen molar-refractivity contribution in [3.8, 4) is 79.4 Å². The van der Waals surface area contributed by atoms with Crippen LogP contribution in [0.4, 0.5) is 0 Å². The lowest BCUT2D eigenvalue weighted by molar-refractivity contribution is 1.07. The van der Waals surface area contributed by atoms with Gasteiger partial charge in [-0.2, -0.15) is 0 Å². The van der Waals surface area contributed by atoms with Crippen LogP contribution in [0.3, 0.4) is 0 Å². The van der Waals surface area contributed by atoms with Crippen molar-refractivity contribution < 1.29 is 0 Å². The molecule has 14 aromatic rings. The molecule has 6 heterocycles. The summed E-state index contributed by atoms with van der Waals surface area (Å²) in [5.74, 6) is 2.61. The molecule has 0 fully saturated rings. The average Bonchev–Trinajstić information content (AvgIpc) is 4.00. The van der Waals surface area contributed by atoms with E-state index in [-0.39, 0.29) is 0 Å². The molecule has 0 N–H and O–H groups in total. The van der Waals surface area contributed by atoms with Gasteiger partial charge in [-0.15, -0.1) is 0 Å². The monoisotopic (exact) mass is 1110 g/mol. The standard InChI is InChI=1S/C33H21BrN4.C32H20BrN5/c34-25-16-17-31-28(20-25)27-15-8-18-35-33(27)38(31)26-14-7-13-24(19-26)30-21-29(22-9-3-1-4-10-22)36-32(37-30)23-11-5-2-6-12-23;33-24-16-17-28-27(20-24)26-15-8-18-34-32(26)38(28)25-14-7-13-23(19-25)31-36-29(21-9-3-1-4-10-21)35-30(37-31)22-11-5-2-6-12-22/h1-21H;1-20H. The summed E-state index contributed by atoms with van der Waals surface area (Å²) >= 11 is 7.26. The molecule has 76 heavy (non-hydrogen) atoms. The zero-order chi connectivity index (χ0) is 51.0. The van der Waals surface area contributed by atoms with Crippen LogP contribution in [0.1, 0.15) is 0 Å². The number of benzene rings is 8. The zero-order valence-corrected chi connectivity index (χ0v) is 43.6. The fourth-order valence-corrected chi connectivity index (χ4v) is 10.5. The van der Waals surface area contributed by atoms with Gasteiger partial charge in [0.05, 0.1) is 22.4 Å². The number of aromatic nitrogens is 9. The molecule has 0 unspecified atom stereocenters. The van der Waals surface area contributed by atoms with Gasteiger partial charge in [0, 0.05) is 87.6 Å². The third-order valence-electron chi connectivity index (χ3n) is 13.3. The second kappa shape index (κ2) is 20.2. The lowest BCUT2D eigenvalue weighted by Crippen LogP contribution is -2.01. The molecule has 0 spiro atoms. The van der Waals surface area contributed by atoms with Gasteiger partial charge in [-0.05, 0) is 91.0 Å². The Morgan fingerprint density at radius 3 is 1.13 bits per heavy atom. The first kappa shape index (κ1) is 46.5. The van der Waals surface area contributed by atoms with Crippen LogP contribution in [0.5, 0.6) is 0 Å². The van der Waals surface area contributed by atoms with Crippen LogP contribution in [0, 0.1) is 0 Å². The lowest BCUT2D eigenvalue weighted by atomic mass is 10.1. The Morgan fingerprint density at radius 2 is 0.658 bits per heavy atom. The molecule has 0 bridgehead atoms. The molecule has 0 aliphatic carbocycles. The average molecular weight is 1110 g/mol. The van der Waals surface area contributed by atoms with Gasteiger partial charge in [-0.3, -0.25) is 9.13 Å². The Balaban J connectivity index is 0.000000146. The molecule has 360 valence electrons. The summed E-state index contributed by atoms with van der Waals surface area (Å²) < 4.78 is 6.49. The van der Waals surface area contributed by atoms with Gasteiger partial charge in [-0.1, -0.05) is 177 Å². The minimum atomic E-state index is 0.621. The van der Waals surface area contributed by atoms with E-state index in [0.29, 0.717) is 23.3 Å². The predicted molar refractivity (Wildman–Crippen MR) is 314 cm³/mol. The van der Waals surface area contributed by atoms with E-state index in [1.807, 2.05) is 146 Å². The molecule has 0 atom stereocenters. The second-order valence-corrected chi connectivity index (χ2v) is 19.9. The molecular formula is C65H41Br2N9. The number of halogens is 2. The second-order valence-electron chi connectivity index (χ2n) is 18.1. The number of nitrogens with zero attached hydrogens (tertiary/aromatic N) is 9. The van der Waals surface area contributed by atoms with Crippen LogP contribution in [0.2, 0.25) is 0 Å². The summed E-state index contributed by atoms with van der Waals surface area (Å²) in [7, 11) is 0. The Morgan fingerprint density at radius 1 is 0.276 bits per heavy atom. The Kier molecular flexibility index (Phi) is 12.4. The maximum absolute atomic E-state index is 5.02. The van der Waals surface area contributed by atoms with Crippen molar-refractivity contribution in [2.75, 3.05) is 0 Å². The van der Waals surface area contributed by atoms with E-state index >= 15 is 0 Å². The molecule has 0 amide bonds. The van der Waals surface area contributed by atoms with Gasteiger partial charge in [0.25, 0.3) is 0 Å². The molecule has 14 rings (SSSR count). The van der Waals surface area contributed by atoms with Crippen molar-refractivity contribution in [3.05, 3.63) is 258 Å². The molecule has 0 aliphatic heterocycles. The quantitative estimate of drug-likeness (QED) is 0.149. The van der Waals surface area contributed by atoms with Crippen molar-refractivity contribution >= 4 is 75.7 Å². The van der Waals surface area contributed by atoms with Crippen molar-refractivity contribution in [2.45, 2.75) is 0 Å². The number of rotatable bonds is 8. The first-order valence-corrected chi connectivity index (χ1v) is 26.3. The Hall–Kier alpha value is -9.29. The number of hydrogen-bond acceptors (Lipinski definition) is 7. The third-order valence-corrected chi connectivity index (χ3v) is 14.3. The number of hydrogen-bond donors (Lipinski definition) is 0. The van der Waals surface area contributed by atoms with E-state index in [4.69, 9.17) is 34.9 Å². The summed E-state index contributed by atoms with van der Waals surface area (Å²) in [6.45, 7) is 0. The molecule has 11 heteroatoms. The number of fused-ring (bicyclic) bond motifs is 6. The van der Waals surface area contributed by atoms with E-state index < -0.39 is 0 Å². The van der Waals surface area contributed by atoms with Gasteiger partial charge >= 0.3 is 0 Å². The molecule has 6 aromatic heterocycles. The first-order valence-electron chi connectivity index (χ1n) is 24.7. The fraction of sp³-hybridized carbons (Fsp3) is 0. The summed E-state index contributed by atoms with van der Waals surface area (Å²) in [5.41, 5.74) is 13.7. The van der Waals surface area contributed by atoms with Gasteiger partial charge < -0.3 is 0 Å². The van der Waals surface area contributed by atoms with E-state index in [2.05, 4.69) is 144 Å². The maximum atomic E-state index is 5.02. The Labute approximate surface area is 454 Å². The highest BCUT2D eigenvalue weighted by atomic mass is 79.9. The topological polar surface area (TPSA) is 100 Å². The molecule has 0 aliphatic rings. The van der Waals surface area contributed by atoms with Crippen LogP contribution in [0.25, 0.3) is 123 Å². The molecule has 0 saturated carbocycles. The van der Waals surface area contributed by atoms with E-state index in [9.17, 15) is 0 Å². The number of pyridine rings is 2. The van der Waals surface area contributed by atoms with Crippen molar-refractivity contribution in [3.63, 3.8) is 0 Å². The van der Waals surface area contributed by atoms with Crippen LogP contribution in [-0.2, 0) is 0 Å². The molecule has 0 saturated heterocycles. The zero-order valence-electron chi connectivity index (χ0n) is 40.5. The highest BCUT2D eigenvalue weighted by Crippen LogP contribution is 2.37. The highest BCUT2D eigenvalue weighted by molar-refractivity contribution is 9.10. The molecule has 8 aromatic carbocycles. The van der Waals surface area contributed by atoms with Gasteiger partial charge in [0.15, 0.2) is 23.3 Å². The lowest BCUT2D eigenvalue weighted by Gasteiger charge is -2.12. The van der Waals surface area contributed by atoms with Crippen LogP contribution < -0.4 is 0 Å². The van der Waals surface area contributed by atoms with Gasteiger partial charge in [-0.25, -0.2) is 34.9 Å². The summed E-state index contributed by atoms with van der Waals surface area (Å²) in [6.07, 6.45) is 3.68. The first-order chi connectivity index (χ1) is 37.5. The smallest absolute Gasteiger partial charge is 0.164 e. The van der Waals surface area contributed by atoms with Gasteiger partial charge in [0.2, 0.25) is 0 Å². The largest absolute Gasteiger partial charge is 0.294 e. The van der Waals surface area contributed by atoms with Crippen LogP contribution in [-0.4, -0.2) is 44.0 Å². The minimum absolute atomic E-state index is 0.621. The molecule has 0 radical (unpaired) electrons. The normalized spacial score (nSPS) is 11.3. The maximum Gasteiger partial charge on any atom is 0.164 e. The fourth-order valence-electron chi connectivity index (χ4n) is 9.75. The van der Waals surface area contributed by atoms with Gasteiger partial charge in [0.1, 0.15) is 11.3 Å². The van der Waals surface area contributed by atoms with Crippen molar-refractivity contribution in [1.29, 1.82) is 0 Å². The molecular weight excluding hydrogens is 1070 g/mol. The Bertz CT molecular complexity index is 4030. The van der Waals surface area contributed by atoms with E-state index in [0.717, 1.165) is 109 Å². The highest BCUT2D eigenvalue weighted by Gasteiger charge is 2.19. The minimum Gasteiger partial charge on any atom is -0.294 e. The van der Waals surface area contributed by atoms with Crippen LogP contribution in [0.15, 0.2) is 258 Å². The summed E-state index contributed by atoms with van der Waals surface area (Å²) in [5, 5.41) is 4.53. The predicted octanol–water partition coefficient (Wildman–Crippen LogP) is 16.9. The van der Waals surface area contributed by atoms with E-state index in [1.165, 1.54) is 0 Å². The van der Waals surface area contributed by atoms with Crippen LogP contribution >= 0.6 is 31.9 Å². The summed E-state index contributed by atoms with van der Waals surface area (Å²) in [4.78, 5) is 34.1. The van der Waals surface area contributed by atoms with E-state index in [1.54, 1.807) is 0 Å². The van der Waals surface area contributed by atoms with Crippen molar-refractivity contribution in [2.24, 2.45) is 0 Å².